The second-order valence-corrected chi connectivity index (χ2v) is 43.4. The van der Waals surface area contributed by atoms with E-state index in [1.54, 1.807) is 34.8 Å². The molecule has 0 radical (unpaired) electrons. The van der Waals surface area contributed by atoms with E-state index in [4.69, 9.17) is 10.8 Å². The first-order chi connectivity index (χ1) is 70.6. The second-order valence-electron chi connectivity index (χ2n) is 41.7. The molecule has 0 spiro atoms. The predicted octanol–water partition coefficient (Wildman–Crippen LogP) is 9.59. The van der Waals surface area contributed by atoms with Crippen LogP contribution in [0.2, 0.25) is 0 Å². The van der Waals surface area contributed by atoms with Crippen LogP contribution in [-0.2, 0) is 77.4 Å². The Morgan fingerprint density at radius 3 is 1.20 bits per heavy atom. The molecule has 0 saturated carbocycles. The average Bonchev–Trinajstić information content (AvgIpc) is 1.67. The number of unbranched alkanes of at least 4 members (excludes halogenated alkanes) is 10. The van der Waals surface area contributed by atoms with Crippen LogP contribution < -0.4 is 53.6 Å². The zero-order valence-corrected chi connectivity index (χ0v) is 88.0. The summed E-state index contributed by atoms with van der Waals surface area (Å²) in [5, 5.41) is 77.8. The van der Waals surface area contributed by atoms with E-state index in [-0.39, 0.29) is 157 Å². The van der Waals surface area contributed by atoms with Gasteiger partial charge in [-0.15, -0.1) is 22.7 Å². The number of hydrogen-bond donors (Lipinski definition) is 15. The summed E-state index contributed by atoms with van der Waals surface area (Å²) in [6.45, 7) is 26.7. The molecular weight excluding hydrogens is 1930 g/mol. The van der Waals surface area contributed by atoms with Crippen molar-refractivity contribution >= 4 is 93.4 Å². The van der Waals surface area contributed by atoms with Gasteiger partial charge >= 0.3 is 5.97 Å². The number of aliphatic hydroxyl groups excluding tert-OH is 4. The Balaban J connectivity index is 0.000000252. The first-order valence-corrected chi connectivity index (χ1v) is 53.7. The summed E-state index contributed by atoms with van der Waals surface area (Å²) in [5.41, 5.74) is 19.7. The number of nitrogens with two attached hydrogens (primary N) is 1. The molecule has 16 N–H and O–H groups in total. The maximum absolute atomic E-state index is 14.0. The number of hydrogen-bond acceptors (Lipinski definition) is 29. The van der Waals surface area contributed by atoms with E-state index >= 15 is 0 Å². The van der Waals surface area contributed by atoms with Crippen molar-refractivity contribution in [2.75, 3.05) is 115 Å². The number of nitrogens with zero attached hydrogens (tertiary/aromatic N) is 12. The number of likely N-dealkylation sites (tertiary alicyclic amines) is 4. The zero-order valence-electron chi connectivity index (χ0n) is 86.3. The molecule has 8 atom stereocenters. The van der Waals surface area contributed by atoms with Gasteiger partial charge in [0.2, 0.25) is 41.4 Å². The molecule has 0 bridgehead atoms. The van der Waals surface area contributed by atoms with Crippen LogP contribution in [0.1, 0.15) is 238 Å². The van der Waals surface area contributed by atoms with Gasteiger partial charge in [0.15, 0.2) is 0 Å². The van der Waals surface area contributed by atoms with Crippen molar-refractivity contribution in [2.24, 2.45) is 16.6 Å². The number of thiazole rings is 2. The number of aryl methyl sites for hydroxylation is 2. The van der Waals surface area contributed by atoms with Gasteiger partial charge in [-0.25, -0.2) is 29.9 Å². The smallest absolute Gasteiger partial charge is 0.303 e. The van der Waals surface area contributed by atoms with Gasteiger partial charge in [-0.3, -0.25) is 67.5 Å². The Hall–Kier alpha value is -11.8. The van der Waals surface area contributed by atoms with Gasteiger partial charge in [0.05, 0.1) is 68.7 Å². The van der Waals surface area contributed by atoms with E-state index in [9.17, 15) is 68.4 Å². The van der Waals surface area contributed by atoms with Gasteiger partial charge in [-0.05, 0) is 108 Å². The van der Waals surface area contributed by atoms with Gasteiger partial charge in [-0.2, -0.15) is 0 Å². The molecule has 8 aromatic rings. The second kappa shape index (κ2) is 59.2. The van der Waals surface area contributed by atoms with Crippen LogP contribution in [0, 0.1) is 24.7 Å². The highest BCUT2D eigenvalue weighted by Gasteiger charge is 2.47. The summed E-state index contributed by atoms with van der Waals surface area (Å²) in [6.07, 6.45) is 13.1. The fourth-order valence-electron chi connectivity index (χ4n) is 19.2. The van der Waals surface area contributed by atoms with E-state index < -0.39 is 65.4 Å². The zero-order chi connectivity index (χ0) is 105. The average molecular weight is 2090 g/mol. The molecule has 10 heterocycles. The maximum Gasteiger partial charge on any atom is 0.303 e. The minimum absolute atomic E-state index is 0. The fourth-order valence-corrected chi connectivity index (χ4v) is 20.8. The molecule has 0 unspecified atom stereocenters. The van der Waals surface area contributed by atoms with E-state index in [2.05, 4.69) is 134 Å². The van der Waals surface area contributed by atoms with E-state index in [1.807, 2.05) is 127 Å². The number of aliphatic carboxylic acids is 1. The van der Waals surface area contributed by atoms with Crippen molar-refractivity contribution in [3.63, 3.8) is 0 Å². The lowest BCUT2D eigenvalue weighted by molar-refractivity contribution is -0.144. The Kier molecular flexibility index (Phi) is 47.3. The number of anilines is 2. The summed E-state index contributed by atoms with van der Waals surface area (Å²) in [4.78, 5) is 168. The van der Waals surface area contributed by atoms with E-state index in [0.29, 0.717) is 69.5 Å². The topological polar surface area (TPSA) is 503 Å². The van der Waals surface area contributed by atoms with Crippen LogP contribution in [0.4, 0.5) is 11.6 Å². The van der Waals surface area contributed by atoms with Crippen LogP contribution in [-0.4, -0.2) is 309 Å². The highest BCUT2D eigenvalue weighted by molar-refractivity contribution is 7.13. The lowest BCUT2D eigenvalue weighted by atomic mass is 9.85. The van der Waals surface area contributed by atoms with Crippen LogP contribution in [0.15, 0.2) is 133 Å². The number of fused-ring (bicyclic) bond motifs is 2. The number of benzene rings is 4. The molecule has 4 aromatic carbocycles. The van der Waals surface area contributed by atoms with Gasteiger partial charge in [0, 0.05) is 182 Å². The predicted molar refractivity (Wildman–Crippen MR) is 580 cm³/mol. The van der Waals surface area contributed by atoms with Gasteiger partial charge < -0.3 is 88.9 Å². The number of aromatic nitrogens is 6. The molecule has 0 aliphatic carbocycles. The summed E-state index contributed by atoms with van der Waals surface area (Å²) in [6, 6.07) is 32.9. The van der Waals surface area contributed by atoms with Crippen molar-refractivity contribution < 1.29 is 73.5 Å². The monoisotopic (exact) mass is 2090 g/mol. The third-order valence-electron chi connectivity index (χ3n) is 27.5. The van der Waals surface area contributed by atoms with Crippen molar-refractivity contribution in [3.05, 3.63) is 189 Å². The molecule has 6 aliphatic rings. The van der Waals surface area contributed by atoms with E-state index in [0.717, 1.165) is 179 Å². The molecule has 4 saturated heterocycles. The number of nitrogens with one attached hydrogen (secondary N) is 9. The van der Waals surface area contributed by atoms with Crippen LogP contribution in [0.25, 0.3) is 20.9 Å². The molecule has 4 aromatic heterocycles. The van der Waals surface area contributed by atoms with Crippen molar-refractivity contribution in [1.82, 2.24) is 96.5 Å². The molecule has 149 heavy (non-hydrogen) atoms. The standard InChI is InChI=1S/C54H75N11O7S.C32H46N4O6S.C22H31N7O2.2CH4/c1-36-49(73-35-60-36)39-19-17-37(18-20-39)27-56-52(71)45-25-42(66)33-65(45)53(72)50(54(2,3)4)62-48(69)16-10-8-6-5-7-9-15-47(68)55-22-24-64-30-41(31-64)61-46-26-44(58-34-59-46)51(70)57-28-43(67)32-63-23-21-38-13-11-12-14-40(38)29-63;1-21-28(43-20-34-21)23-15-13-22(14-16-23)18-33-30(41)25-17-24(37)19-36(25)31(42)29(32(2,3)4)35-26(38)11-9-7-5-6-8-10-12-27(39)40;23-6-8-29-12-18(13-29)27-21-9-20(25-15-26-21)22(31)24-10-19(30)14-28-7-5-16-3-1-2-4-17(16)11-28;;/h11-14,17-20,26,34-35,41-43,45,50,66-67H,5-10,15-16,21-25,27-33H2,1-4H3,(H,55,68)(H,56,71)(H,57,70)(H,62,69)(H,58,59,61);13-16,20,24-25,29,37H,5-12,17-19H2,1-4H3,(H,33,41)(H,35,38)(H,39,40);1-4,9,15,18-19,30H,5-8,10-14,23H2,(H,24,31)(H,25,26,27);2*1H4/t42-,43+,45+,50-;24-,25+,29-;19-;;/m110../s1. The molecule has 37 nitrogen and oxygen atoms in total. The number of β-amino-alcohol motifs (C(OH)–C–C–N with tert-alkyl or cyclic N) is 4. The van der Waals surface area contributed by atoms with E-state index in [1.165, 1.54) is 44.7 Å². The van der Waals surface area contributed by atoms with Crippen molar-refractivity contribution in [3.8, 4) is 20.9 Å². The summed E-state index contributed by atoms with van der Waals surface area (Å²) >= 11 is 3.16. The van der Waals surface area contributed by atoms with Crippen molar-refractivity contribution in [1.29, 1.82) is 0 Å². The number of amides is 9. The Morgan fingerprint density at radius 1 is 0.450 bits per heavy atom. The van der Waals surface area contributed by atoms with Crippen LogP contribution in [0.3, 0.4) is 0 Å². The van der Waals surface area contributed by atoms with Gasteiger partial charge in [0.1, 0.15) is 59.8 Å². The minimum atomic E-state index is -0.871. The molecule has 6 aliphatic heterocycles. The van der Waals surface area contributed by atoms with Crippen LogP contribution in [0.5, 0.6) is 0 Å². The SMILES string of the molecule is C.C.Cc1ncsc1-c1ccc(CNC(=O)[C@@H]2C[C@@H](O)CN2C(=O)[C@@H](NC(=O)CCCCCCCCC(=O)NCCN2CC(Nc3cc(C(=O)NC[C@H](O)CN4CCc5ccccc5C4)ncn3)C2)C(C)(C)C)cc1.Cc1ncsc1-c1ccc(CNC(=O)[C@@H]2C[C@@H](O)CN2C(=O)[C@@H](NC(=O)CCCCCCCCC(=O)O)C(C)(C)C)cc1.NCCN1CC(Nc2cc(C(=O)NC[C@H](O)CN3CCc4ccccc4C3)ncn2)C1. The maximum atomic E-state index is 14.0. The Morgan fingerprint density at radius 2 is 0.826 bits per heavy atom. The molecule has 812 valence electrons. The third-order valence-corrected chi connectivity index (χ3v) is 29.4. The van der Waals surface area contributed by atoms with Crippen LogP contribution >= 0.6 is 22.7 Å². The third kappa shape index (κ3) is 37.7. The number of carbonyl (C=O) groups is 10. The van der Waals surface area contributed by atoms with Gasteiger partial charge in [0.25, 0.3) is 11.8 Å². The molecule has 9 amide bonds. The number of aliphatic hydroxyl groups is 4. The molecule has 39 heteroatoms. The first-order valence-electron chi connectivity index (χ1n) is 52.0. The highest BCUT2D eigenvalue weighted by atomic mass is 32.1. The van der Waals surface area contributed by atoms with Gasteiger partial charge in [-0.1, -0.05) is 205 Å². The number of carboxylic acids is 1. The normalized spacial score (nSPS) is 17.6. The lowest BCUT2D eigenvalue weighted by Gasteiger charge is -2.39. The quantitative estimate of drug-likeness (QED) is 0.0158. The summed E-state index contributed by atoms with van der Waals surface area (Å²) < 4.78 is 0. The Labute approximate surface area is 885 Å². The Bertz CT molecular complexity index is 5610. The number of carboxylic acid groups (broad SMARTS) is 1. The van der Waals surface area contributed by atoms with Crippen molar-refractivity contribution in [2.45, 2.75) is 286 Å². The number of carbonyl (C=O) groups excluding carboxylic acids is 9. The minimum Gasteiger partial charge on any atom is -0.481 e. The number of rotatable bonds is 49. The molecular formula is C110H160N22O15S2. The summed E-state index contributed by atoms with van der Waals surface area (Å²) in [7, 11) is 0. The molecule has 14 rings (SSSR count). The molecule has 4 fully saturated rings. The first kappa shape index (κ1) is 119. The largest absolute Gasteiger partial charge is 0.481 e. The highest BCUT2D eigenvalue weighted by Crippen LogP contribution is 2.34. The fraction of sp³-hybridized carbons (Fsp3) is 0.564. The lowest BCUT2D eigenvalue weighted by Crippen LogP contribution is -2.57. The summed E-state index contributed by atoms with van der Waals surface area (Å²) in [5.74, 6) is -2.12.